The Balaban J connectivity index is 2.25. The van der Waals surface area contributed by atoms with E-state index in [0.29, 0.717) is 6.42 Å². The van der Waals surface area contributed by atoms with Gasteiger partial charge in [-0.3, -0.25) is 0 Å². The number of hydrogen-bond acceptors (Lipinski definition) is 3. The number of rotatable bonds is 4. The van der Waals surface area contributed by atoms with Crippen LogP contribution in [0.5, 0.6) is 0 Å². The number of aliphatic hydroxyl groups excluding tert-OH is 1. The number of thioether (sulfide) groups is 1. The van der Waals surface area contributed by atoms with Crippen LogP contribution < -0.4 is 0 Å². The molecule has 0 aromatic heterocycles. The second kappa shape index (κ2) is 5.19. The first-order valence-corrected chi connectivity index (χ1v) is 4.72. The maximum Gasteiger partial charge on any atom is 0.152 e. The van der Waals surface area contributed by atoms with E-state index >= 15 is 0 Å². The van der Waals surface area contributed by atoms with Crippen molar-refractivity contribution >= 4 is 11.8 Å². The smallest absolute Gasteiger partial charge is 0.152 e. The molecule has 0 saturated heterocycles. The predicted molar refractivity (Wildman–Crippen MR) is 48.8 cm³/mol. The molecule has 1 rings (SSSR count). The summed E-state index contributed by atoms with van der Waals surface area (Å²) in [6.45, 7) is 0. The first-order valence-electron chi connectivity index (χ1n) is 3.74. The summed E-state index contributed by atoms with van der Waals surface area (Å²) in [5.74, 6) is 0.724. The molecule has 2 nitrogen and oxygen atoms in total. The molecule has 0 unspecified atom stereocenters. The van der Waals surface area contributed by atoms with Crippen LogP contribution in [0.25, 0.3) is 0 Å². The second-order valence-electron chi connectivity index (χ2n) is 2.35. The van der Waals surface area contributed by atoms with Gasteiger partial charge in [-0.2, -0.15) is 0 Å². The minimum Gasteiger partial charge on any atom is -0.368 e. The fraction of sp³-hybridized carbons (Fsp3) is 0.333. The zero-order chi connectivity index (χ0) is 8.81. The van der Waals surface area contributed by atoms with E-state index in [0.717, 1.165) is 10.6 Å². The number of aliphatic hydroxyl groups is 2. The molecule has 3 heteroatoms. The number of benzene rings is 1. The maximum atomic E-state index is 8.57. The highest BCUT2D eigenvalue weighted by molar-refractivity contribution is 7.99. The van der Waals surface area contributed by atoms with Crippen LogP contribution >= 0.6 is 11.8 Å². The van der Waals surface area contributed by atoms with Crippen molar-refractivity contribution in [2.24, 2.45) is 0 Å². The van der Waals surface area contributed by atoms with Gasteiger partial charge >= 0.3 is 0 Å². The highest BCUT2D eigenvalue weighted by Gasteiger charge is 1.97. The summed E-state index contributed by atoms with van der Waals surface area (Å²) in [5, 5.41) is 17.1. The van der Waals surface area contributed by atoms with E-state index in [2.05, 4.69) is 6.07 Å². The molecular weight excluding hydrogens is 172 g/mol. The molecule has 0 aliphatic carbocycles. The summed E-state index contributed by atoms with van der Waals surface area (Å²) in [5.41, 5.74) is 0. The lowest BCUT2D eigenvalue weighted by molar-refractivity contribution is -0.0404. The normalized spacial score (nSPS) is 10.6. The molecule has 0 aliphatic heterocycles. The summed E-state index contributed by atoms with van der Waals surface area (Å²) >= 11 is 1.61. The molecule has 0 heterocycles. The van der Waals surface area contributed by atoms with Crippen molar-refractivity contribution in [2.75, 3.05) is 5.75 Å². The number of hydrogen-bond donors (Lipinski definition) is 2. The largest absolute Gasteiger partial charge is 0.368 e. The van der Waals surface area contributed by atoms with Gasteiger partial charge in [-0.05, 0) is 18.2 Å². The molecular formula is C9H11O2S. The fourth-order valence-electron chi connectivity index (χ4n) is 0.750. The van der Waals surface area contributed by atoms with Gasteiger partial charge in [-0.1, -0.05) is 12.1 Å². The Morgan fingerprint density at radius 3 is 2.58 bits per heavy atom. The van der Waals surface area contributed by atoms with Crippen LogP contribution in [0.2, 0.25) is 0 Å². The van der Waals surface area contributed by atoms with E-state index in [1.165, 1.54) is 0 Å². The zero-order valence-corrected chi connectivity index (χ0v) is 7.42. The van der Waals surface area contributed by atoms with Crippen LogP contribution in [-0.2, 0) is 0 Å². The van der Waals surface area contributed by atoms with Crippen LogP contribution in [0.4, 0.5) is 0 Å². The second-order valence-corrected chi connectivity index (χ2v) is 3.52. The molecule has 65 valence electrons. The van der Waals surface area contributed by atoms with Crippen LogP contribution in [0.1, 0.15) is 6.42 Å². The van der Waals surface area contributed by atoms with E-state index in [1.807, 2.05) is 24.3 Å². The molecule has 1 aromatic carbocycles. The average Bonchev–Trinajstić information content (AvgIpc) is 2.05. The summed E-state index contributed by atoms with van der Waals surface area (Å²) in [6, 6.07) is 10.5. The van der Waals surface area contributed by atoms with Crippen molar-refractivity contribution in [1.29, 1.82) is 0 Å². The molecule has 1 radical (unpaired) electrons. The molecule has 0 atom stereocenters. The van der Waals surface area contributed by atoms with Gasteiger partial charge in [0.15, 0.2) is 6.29 Å². The van der Waals surface area contributed by atoms with Gasteiger partial charge in [0.2, 0.25) is 0 Å². The molecule has 0 saturated carbocycles. The minimum atomic E-state index is -1.19. The van der Waals surface area contributed by atoms with Crippen LogP contribution in [0.3, 0.4) is 0 Å². The monoisotopic (exact) mass is 183 g/mol. The predicted octanol–water partition coefficient (Wildman–Crippen LogP) is 1.28. The average molecular weight is 183 g/mol. The third-order valence-corrected chi connectivity index (χ3v) is 2.38. The Kier molecular flexibility index (Phi) is 4.14. The van der Waals surface area contributed by atoms with Crippen molar-refractivity contribution in [1.82, 2.24) is 0 Å². The van der Waals surface area contributed by atoms with Crippen molar-refractivity contribution in [2.45, 2.75) is 17.6 Å². The Morgan fingerprint density at radius 1 is 1.33 bits per heavy atom. The highest BCUT2D eigenvalue weighted by Crippen LogP contribution is 2.17. The van der Waals surface area contributed by atoms with Gasteiger partial charge in [0, 0.05) is 17.1 Å². The van der Waals surface area contributed by atoms with Crippen molar-refractivity contribution < 1.29 is 10.2 Å². The Morgan fingerprint density at radius 2 is 2.00 bits per heavy atom. The van der Waals surface area contributed by atoms with E-state index in [1.54, 1.807) is 11.8 Å². The van der Waals surface area contributed by atoms with Gasteiger partial charge in [-0.15, -0.1) is 11.8 Å². The third kappa shape index (κ3) is 3.76. The summed E-state index contributed by atoms with van der Waals surface area (Å²) in [4.78, 5) is 1.13. The lowest BCUT2D eigenvalue weighted by Crippen LogP contribution is -2.04. The molecule has 0 fully saturated rings. The maximum absolute atomic E-state index is 8.57. The molecule has 12 heavy (non-hydrogen) atoms. The third-order valence-electron chi connectivity index (χ3n) is 1.33. The lowest BCUT2D eigenvalue weighted by Gasteiger charge is -2.02. The SMILES string of the molecule is OC(O)CCSc1cc[c]cc1. The summed E-state index contributed by atoms with van der Waals surface area (Å²) in [6.07, 6.45) is -0.781. The zero-order valence-electron chi connectivity index (χ0n) is 6.60. The first-order chi connectivity index (χ1) is 5.79. The summed E-state index contributed by atoms with van der Waals surface area (Å²) in [7, 11) is 0. The molecule has 0 aliphatic rings. The quantitative estimate of drug-likeness (QED) is 0.545. The van der Waals surface area contributed by atoms with Gasteiger partial charge in [0.25, 0.3) is 0 Å². The molecule has 0 bridgehead atoms. The van der Waals surface area contributed by atoms with E-state index in [9.17, 15) is 0 Å². The fourth-order valence-corrected chi connectivity index (χ4v) is 1.64. The van der Waals surface area contributed by atoms with Crippen molar-refractivity contribution in [3.8, 4) is 0 Å². The van der Waals surface area contributed by atoms with Crippen molar-refractivity contribution in [3.63, 3.8) is 0 Å². The molecule has 1 aromatic rings. The minimum absolute atomic E-state index is 0.406. The Labute approximate surface area is 76.2 Å². The molecule has 0 amide bonds. The highest BCUT2D eigenvalue weighted by atomic mass is 32.2. The molecule has 2 N–H and O–H groups in total. The van der Waals surface area contributed by atoms with E-state index in [-0.39, 0.29) is 0 Å². The van der Waals surface area contributed by atoms with Gasteiger partial charge < -0.3 is 10.2 Å². The van der Waals surface area contributed by atoms with Crippen molar-refractivity contribution in [3.05, 3.63) is 30.3 Å². The van der Waals surface area contributed by atoms with Crippen LogP contribution in [-0.4, -0.2) is 22.3 Å². The summed E-state index contributed by atoms with van der Waals surface area (Å²) < 4.78 is 0. The molecule has 0 spiro atoms. The standard InChI is InChI=1S/C9H11O2S/c10-9(11)6-7-12-8-4-2-1-3-5-8/h2-5,9-11H,6-7H2. The Hall–Kier alpha value is -0.510. The van der Waals surface area contributed by atoms with Gasteiger partial charge in [0.1, 0.15) is 0 Å². The van der Waals surface area contributed by atoms with Crippen LogP contribution in [0, 0.1) is 6.07 Å². The topological polar surface area (TPSA) is 40.5 Å². The Bertz CT molecular complexity index is 211. The van der Waals surface area contributed by atoms with E-state index in [4.69, 9.17) is 10.2 Å². The van der Waals surface area contributed by atoms with Crippen LogP contribution in [0.15, 0.2) is 29.2 Å². The van der Waals surface area contributed by atoms with Gasteiger partial charge in [0.05, 0.1) is 0 Å². The van der Waals surface area contributed by atoms with Gasteiger partial charge in [-0.25, -0.2) is 0 Å². The lowest BCUT2D eigenvalue weighted by atomic mass is 10.4. The first kappa shape index (κ1) is 9.58. The van der Waals surface area contributed by atoms with E-state index < -0.39 is 6.29 Å².